The predicted octanol–water partition coefficient (Wildman–Crippen LogP) is 15.3. The van der Waals surface area contributed by atoms with E-state index in [1.807, 2.05) is 3.26 Å². The molecule has 0 amide bonds. The van der Waals surface area contributed by atoms with E-state index in [0.717, 1.165) is 8.35 Å². The third-order valence-electron chi connectivity index (χ3n) is 14.6. The molecule has 0 N–H and O–H groups in total. The molecule has 5 aromatic carbocycles. The van der Waals surface area contributed by atoms with Crippen molar-refractivity contribution in [3.8, 4) is 11.1 Å². The average Bonchev–Trinajstić information content (AvgIpc) is 3.87. The molecular weight excluding hydrogens is 851 g/mol. The molecule has 294 valence electrons. The van der Waals surface area contributed by atoms with E-state index in [1.165, 1.54) is 76.6 Å². The van der Waals surface area contributed by atoms with Crippen molar-refractivity contribution < 1.29 is 18.0 Å². The molecule has 0 radical (unpaired) electrons. The molecule has 0 aromatic heterocycles. The van der Waals surface area contributed by atoms with E-state index in [9.17, 15) is 0 Å². The monoisotopic (exact) mass is 918 g/mol. The van der Waals surface area contributed by atoms with E-state index in [2.05, 4.69) is 201 Å². The van der Waals surface area contributed by atoms with Crippen LogP contribution in [0.3, 0.4) is 0 Å². The third-order valence-corrected chi connectivity index (χ3v) is 45.7. The average molecular weight is 918 g/mol. The molecular formula is C56H66Hf. The predicted molar refractivity (Wildman–Crippen MR) is 245 cm³/mol. The minimum atomic E-state index is -5.19. The summed E-state index contributed by atoms with van der Waals surface area (Å²) in [6.07, 6.45) is 16.8. The summed E-state index contributed by atoms with van der Waals surface area (Å²) in [4.78, 5) is 0. The first-order valence-electron chi connectivity index (χ1n) is 22.2. The molecule has 0 unspecified atom stereocenters. The molecule has 0 heterocycles. The van der Waals surface area contributed by atoms with Crippen molar-refractivity contribution in [3.63, 3.8) is 0 Å². The summed E-state index contributed by atoms with van der Waals surface area (Å²) >= 11 is -5.19. The van der Waals surface area contributed by atoms with Crippen LogP contribution in [0, 0.1) is 5.92 Å². The van der Waals surface area contributed by atoms with Gasteiger partial charge in [0, 0.05) is 0 Å². The molecule has 3 aliphatic carbocycles. The van der Waals surface area contributed by atoms with Crippen LogP contribution in [0.4, 0.5) is 0 Å². The van der Waals surface area contributed by atoms with E-state index in [0.29, 0.717) is 19.2 Å². The Kier molecular flexibility index (Phi) is 10.9. The normalized spacial score (nSPS) is 16.7. The Morgan fingerprint density at radius 2 is 1.05 bits per heavy atom. The zero-order valence-electron chi connectivity index (χ0n) is 36.1. The van der Waals surface area contributed by atoms with Gasteiger partial charge in [-0.2, -0.15) is 0 Å². The Balaban J connectivity index is 1.67. The van der Waals surface area contributed by atoms with Crippen LogP contribution in [0.2, 0.25) is 3.67 Å². The molecule has 1 heteroatoms. The van der Waals surface area contributed by atoms with E-state index >= 15 is 0 Å². The van der Waals surface area contributed by atoms with Gasteiger partial charge in [-0.05, 0) is 0 Å². The van der Waals surface area contributed by atoms with E-state index in [4.69, 9.17) is 0 Å². The molecule has 0 bridgehead atoms. The van der Waals surface area contributed by atoms with Gasteiger partial charge in [-0.15, -0.1) is 0 Å². The van der Waals surface area contributed by atoms with Crippen LogP contribution in [0.5, 0.6) is 0 Å². The van der Waals surface area contributed by atoms with Crippen molar-refractivity contribution in [2.24, 2.45) is 5.92 Å². The van der Waals surface area contributed by atoms with Gasteiger partial charge in [0.1, 0.15) is 0 Å². The molecule has 0 atom stereocenters. The molecule has 1 saturated carbocycles. The Hall–Kier alpha value is -3.68. The summed E-state index contributed by atoms with van der Waals surface area (Å²) in [5, 5.41) is 0. The van der Waals surface area contributed by atoms with Crippen LogP contribution in [0.25, 0.3) is 11.1 Å². The molecule has 0 aliphatic heterocycles. The Labute approximate surface area is 346 Å². The Morgan fingerprint density at radius 1 is 0.579 bits per heavy atom. The van der Waals surface area contributed by atoms with Gasteiger partial charge in [0.05, 0.1) is 0 Å². The first-order valence-corrected chi connectivity index (χ1v) is 33.2. The number of allylic oxidation sites excluding steroid dienone is 4. The number of hydrogen-bond donors (Lipinski definition) is 0. The van der Waals surface area contributed by atoms with Gasteiger partial charge in [-0.25, -0.2) is 0 Å². The SMILES string of the molecule is CC(C)c1ccc([C](C2CCCCC2)=[Hf]([CH2]c2ccccc2)([CH2]c2ccccc2)([CH]2C=CC=C2)[CH]2c3cc(C(C)(C)C)ccc3-c3ccc(C(C)(C)C)cc32)cc1. The van der Waals surface area contributed by atoms with Gasteiger partial charge in [-0.1, -0.05) is 0 Å². The second-order valence-corrected chi connectivity index (χ2v) is 43.0. The summed E-state index contributed by atoms with van der Waals surface area (Å²) in [7, 11) is 0. The van der Waals surface area contributed by atoms with Crippen LogP contribution >= 0.6 is 0 Å². The molecule has 57 heavy (non-hydrogen) atoms. The van der Waals surface area contributed by atoms with Gasteiger partial charge < -0.3 is 0 Å². The molecule has 3 aliphatic rings. The fourth-order valence-corrected chi connectivity index (χ4v) is 48.8. The summed E-state index contributed by atoms with van der Waals surface area (Å²) in [6, 6.07) is 49.2. The Morgan fingerprint density at radius 3 is 1.49 bits per heavy atom. The third kappa shape index (κ3) is 7.23. The zero-order valence-corrected chi connectivity index (χ0v) is 39.7. The molecule has 5 aromatic rings. The maximum absolute atomic E-state index is 5.19. The van der Waals surface area contributed by atoms with Gasteiger partial charge in [0.15, 0.2) is 0 Å². The van der Waals surface area contributed by atoms with Crippen molar-refractivity contribution in [2.45, 2.75) is 120 Å². The van der Waals surface area contributed by atoms with E-state index in [1.54, 1.807) is 11.1 Å². The van der Waals surface area contributed by atoms with Gasteiger partial charge in [0.2, 0.25) is 0 Å². The number of rotatable bonds is 9. The van der Waals surface area contributed by atoms with Crippen molar-refractivity contribution >= 4 is 3.26 Å². The van der Waals surface area contributed by atoms with Crippen molar-refractivity contribution in [2.75, 3.05) is 0 Å². The first kappa shape index (κ1) is 40.1. The van der Waals surface area contributed by atoms with Crippen LogP contribution in [-0.4, -0.2) is 3.26 Å². The van der Waals surface area contributed by atoms with E-state index < -0.39 is 18.0 Å². The van der Waals surface area contributed by atoms with Gasteiger partial charge in [-0.3, -0.25) is 0 Å². The summed E-state index contributed by atoms with van der Waals surface area (Å²) < 4.78 is 4.86. The molecule has 0 spiro atoms. The molecule has 1 fully saturated rings. The van der Waals surface area contributed by atoms with Crippen molar-refractivity contribution in [1.29, 1.82) is 0 Å². The van der Waals surface area contributed by atoms with Crippen LogP contribution < -0.4 is 0 Å². The summed E-state index contributed by atoms with van der Waals surface area (Å²) in [5.74, 6) is 1.05. The summed E-state index contributed by atoms with van der Waals surface area (Å²) in [6.45, 7) is 19.1. The second-order valence-electron chi connectivity index (χ2n) is 20.6. The Bertz CT molecular complexity index is 2230. The standard InChI is InChI=1S/C21H25.C16H22.2C7H7.C5H5.Hf/c1-20(2,3)16-7-9-18-14(12-16)11-15-13-17(21(4,5)6)8-10-19(15)18;1-13(2)16-10-8-15(9-11-16)12-14-6-4-3-5-7-14;2*1-7-5-3-2-4-6-7;1-2-4-5-3-1;/h7-13H,1-6H3;8-11,13-14H,3-7H2,1-2H3;2*2-6H,1H2;1-5H;. The van der Waals surface area contributed by atoms with Gasteiger partial charge in [0.25, 0.3) is 0 Å². The topological polar surface area (TPSA) is 0 Å². The fourth-order valence-electron chi connectivity index (χ4n) is 11.8. The zero-order chi connectivity index (χ0) is 40.0. The molecule has 8 rings (SSSR count). The molecule has 0 nitrogen and oxygen atoms in total. The van der Waals surface area contributed by atoms with Crippen LogP contribution in [0.15, 0.2) is 146 Å². The minimum absolute atomic E-state index is 0.0337. The molecule has 0 saturated heterocycles. The number of hydrogen-bond acceptors (Lipinski definition) is 0. The van der Waals surface area contributed by atoms with Crippen LogP contribution in [0.1, 0.15) is 142 Å². The van der Waals surface area contributed by atoms with Crippen LogP contribution in [-0.2, 0) is 37.2 Å². The van der Waals surface area contributed by atoms with Crippen molar-refractivity contribution in [1.82, 2.24) is 0 Å². The quantitative estimate of drug-likeness (QED) is 0.129. The van der Waals surface area contributed by atoms with Crippen molar-refractivity contribution in [3.05, 3.63) is 190 Å². The summed E-state index contributed by atoms with van der Waals surface area (Å²) in [5.41, 5.74) is 15.1. The first-order chi connectivity index (χ1) is 27.3. The second kappa shape index (κ2) is 15.5. The maximum atomic E-state index is 2.71. The fraction of sp³-hybridized carbons (Fsp3) is 0.375. The van der Waals surface area contributed by atoms with Gasteiger partial charge >= 0.3 is 348 Å². The number of benzene rings is 5. The number of fused-ring (bicyclic) bond motifs is 3. The van der Waals surface area contributed by atoms with E-state index in [-0.39, 0.29) is 10.8 Å².